The molecule has 3 aliphatic rings. The summed E-state index contributed by atoms with van der Waals surface area (Å²) in [6.07, 6.45) is 8.86. The van der Waals surface area contributed by atoms with Crippen LogP contribution >= 0.6 is 0 Å². The monoisotopic (exact) mass is 400 g/mol. The van der Waals surface area contributed by atoms with E-state index in [-0.39, 0.29) is 5.76 Å². The molecule has 1 aromatic rings. The van der Waals surface area contributed by atoms with Gasteiger partial charge in [0.15, 0.2) is 0 Å². The molecule has 1 aromatic heterocycles. The Kier molecular flexibility index (Phi) is 7.60. The zero-order valence-corrected chi connectivity index (χ0v) is 16.5. The highest BCUT2D eigenvalue weighted by molar-refractivity contribution is 5.77. The van der Waals surface area contributed by atoms with Crippen LogP contribution in [0.3, 0.4) is 0 Å². The van der Waals surface area contributed by atoms with E-state index < -0.39 is 0 Å². The minimum Gasteiger partial charge on any atom is -0.508 e. The Labute approximate surface area is 170 Å². The van der Waals surface area contributed by atoms with Crippen molar-refractivity contribution < 1.29 is 14.6 Å². The third-order valence-corrected chi connectivity index (χ3v) is 4.62. The van der Waals surface area contributed by atoms with Crippen LogP contribution in [0, 0.1) is 5.41 Å². The number of nitrogen functional groups attached to an aromatic ring is 1. The average molecular weight is 400 g/mol. The maximum Gasteiger partial charge on any atom is 0.229 e. The standard InChI is InChI=1S/C12H19N5O2.C8H9NO/c13-10-9-11(16-1-5-18-6-2-16)15-12(14-10)17-3-7-19-8-4-17;9-6-7-3-1-2-4-8(10)5-7/h9H,1-8H2,(H2,13,14,15);1-2,4-6,9-10H,3H2. The Hall–Kier alpha value is -2.91. The largest absolute Gasteiger partial charge is 0.508 e. The van der Waals surface area contributed by atoms with Crippen molar-refractivity contribution in [3.63, 3.8) is 0 Å². The van der Waals surface area contributed by atoms with Gasteiger partial charge < -0.3 is 35.5 Å². The van der Waals surface area contributed by atoms with Crippen LogP contribution in [-0.4, -0.2) is 73.9 Å². The van der Waals surface area contributed by atoms with Gasteiger partial charge in [-0.1, -0.05) is 12.2 Å². The highest BCUT2D eigenvalue weighted by atomic mass is 16.5. The molecule has 0 saturated carbocycles. The van der Waals surface area contributed by atoms with Gasteiger partial charge in [-0.25, -0.2) is 0 Å². The lowest BCUT2D eigenvalue weighted by Gasteiger charge is -2.30. The number of ether oxygens (including phenoxy) is 2. The third-order valence-electron chi connectivity index (χ3n) is 4.62. The van der Waals surface area contributed by atoms with E-state index in [0.29, 0.717) is 25.0 Å². The van der Waals surface area contributed by atoms with E-state index in [1.54, 1.807) is 18.2 Å². The van der Waals surface area contributed by atoms with Gasteiger partial charge in [0.25, 0.3) is 0 Å². The first-order chi connectivity index (χ1) is 14.2. The van der Waals surface area contributed by atoms with Crippen molar-refractivity contribution in [2.75, 3.05) is 68.1 Å². The van der Waals surface area contributed by atoms with Crippen LogP contribution < -0.4 is 15.5 Å². The Morgan fingerprint density at radius 3 is 2.34 bits per heavy atom. The summed E-state index contributed by atoms with van der Waals surface area (Å²) in [6, 6.07) is 1.83. The lowest BCUT2D eigenvalue weighted by Crippen LogP contribution is -2.39. The molecule has 0 amide bonds. The molecular weight excluding hydrogens is 372 g/mol. The normalized spacial score (nSPS) is 19.4. The molecule has 0 spiro atoms. The number of nitrogens with two attached hydrogens (primary N) is 1. The molecule has 0 unspecified atom stereocenters. The predicted molar refractivity (Wildman–Crippen MR) is 114 cm³/mol. The number of hydrogen-bond donors (Lipinski definition) is 3. The van der Waals surface area contributed by atoms with Gasteiger partial charge >= 0.3 is 0 Å². The Morgan fingerprint density at radius 2 is 1.69 bits per heavy atom. The second-order valence-corrected chi connectivity index (χ2v) is 6.74. The van der Waals surface area contributed by atoms with E-state index in [1.807, 2.05) is 12.1 Å². The van der Waals surface area contributed by atoms with Gasteiger partial charge in [0, 0.05) is 38.5 Å². The minimum absolute atomic E-state index is 0.215. The van der Waals surface area contributed by atoms with E-state index in [4.69, 9.17) is 25.7 Å². The van der Waals surface area contributed by atoms with E-state index in [1.165, 1.54) is 6.21 Å². The molecule has 2 aliphatic heterocycles. The molecule has 2 fully saturated rings. The molecule has 2 saturated heterocycles. The molecule has 0 bridgehead atoms. The van der Waals surface area contributed by atoms with Gasteiger partial charge in [0.05, 0.1) is 26.4 Å². The van der Waals surface area contributed by atoms with Gasteiger partial charge in [0.1, 0.15) is 17.4 Å². The first kappa shape index (κ1) is 20.8. The summed E-state index contributed by atoms with van der Waals surface area (Å²) in [6.45, 7) is 6.21. The van der Waals surface area contributed by atoms with Crippen molar-refractivity contribution >= 4 is 23.8 Å². The van der Waals surface area contributed by atoms with Gasteiger partial charge in [-0.3, -0.25) is 0 Å². The van der Waals surface area contributed by atoms with E-state index in [9.17, 15) is 0 Å². The molecule has 4 rings (SSSR count). The van der Waals surface area contributed by atoms with Crippen LogP contribution in [0.25, 0.3) is 0 Å². The van der Waals surface area contributed by atoms with Crippen LogP contribution in [0.5, 0.6) is 0 Å². The van der Waals surface area contributed by atoms with Crippen molar-refractivity contribution in [3.8, 4) is 0 Å². The fourth-order valence-electron chi connectivity index (χ4n) is 3.07. The number of rotatable bonds is 3. The number of nitrogens with zero attached hydrogens (tertiary/aromatic N) is 4. The Bertz CT molecular complexity index is 744. The first-order valence-electron chi connectivity index (χ1n) is 9.72. The van der Waals surface area contributed by atoms with Crippen molar-refractivity contribution in [1.29, 1.82) is 5.41 Å². The maximum atomic E-state index is 9.02. The molecule has 4 N–H and O–H groups in total. The summed E-state index contributed by atoms with van der Waals surface area (Å²) in [5.74, 6) is 2.31. The minimum atomic E-state index is 0.215. The van der Waals surface area contributed by atoms with Gasteiger partial charge in [-0.05, 0) is 24.1 Å². The fraction of sp³-hybridized carbons (Fsp3) is 0.450. The predicted octanol–water partition coefficient (Wildman–Crippen LogP) is 1.70. The van der Waals surface area contributed by atoms with Crippen molar-refractivity contribution in [2.45, 2.75) is 6.42 Å². The van der Waals surface area contributed by atoms with Crippen LogP contribution in [0.4, 0.5) is 17.6 Å². The first-order valence-corrected chi connectivity index (χ1v) is 9.72. The highest BCUT2D eigenvalue weighted by Crippen LogP contribution is 2.20. The molecule has 0 aromatic carbocycles. The zero-order chi connectivity index (χ0) is 20.5. The zero-order valence-electron chi connectivity index (χ0n) is 16.5. The van der Waals surface area contributed by atoms with Crippen LogP contribution in [-0.2, 0) is 9.47 Å². The number of allylic oxidation sites excluding steroid dienone is 5. The van der Waals surface area contributed by atoms with Crippen molar-refractivity contribution in [1.82, 2.24) is 9.97 Å². The Balaban J connectivity index is 0.000000204. The van der Waals surface area contributed by atoms with Gasteiger partial charge in [-0.2, -0.15) is 9.97 Å². The van der Waals surface area contributed by atoms with Crippen LogP contribution in [0.1, 0.15) is 6.42 Å². The molecule has 3 heterocycles. The van der Waals surface area contributed by atoms with E-state index in [0.717, 1.165) is 57.2 Å². The number of aliphatic hydroxyl groups excluding tert-OH is 1. The van der Waals surface area contributed by atoms with Crippen molar-refractivity contribution in [3.05, 3.63) is 41.7 Å². The van der Waals surface area contributed by atoms with Crippen LogP contribution in [0.2, 0.25) is 0 Å². The van der Waals surface area contributed by atoms with Gasteiger partial charge in [0.2, 0.25) is 5.95 Å². The summed E-state index contributed by atoms with van der Waals surface area (Å²) >= 11 is 0. The number of nitrogens with one attached hydrogen (secondary N) is 1. The fourth-order valence-corrected chi connectivity index (χ4v) is 3.07. The lowest BCUT2D eigenvalue weighted by atomic mass is 10.2. The molecule has 0 atom stereocenters. The molecule has 29 heavy (non-hydrogen) atoms. The summed E-state index contributed by atoms with van der Waals surface area (Å²) in [5, 5.41) is 15.9. The van der Waals surface area contributed by atoms with Crippen LogP contribution in [0.15, 0.2) is 41.7 Å². The second-order valence-electron chi connectivity index (χ2n) is 6.74. The quantitative estimate of drug-likeness (QED) is 0.656. The maximum absolute atomic E-state index is 9.02. The van der Waals surface area contributed by atoms with E-state index in [2.05, 4.69) is 19.8 Å². The summed E-state index contributed by atoms with van der Waals surface area (Å²) in [5.41, 5.74) is 6.73. The number of anilines is 3. The number of morpholine rings is 2. The lowest BCUT2D eigenvalue weighted by molar-refractivity contribution is 0.121. The molecule has 9 heteroatoms. The third kappa shape index (κ3) is 6.30. The second kappa shape index (κ2) is 10.6. The number of hydrogen-bond acceptors (Lipinski definition) is 9. The SMILES string of the molecule is N=CC1=CC(O)=CC=CC1.Nc1cc(N2CCOCC2)nc(N2CCOCC2)n1. The summed E-state index contributed by atoms with van der Waals surface area (Å²) < 4.78 is 10.7. The number of aliphatic hydroxyl groups is 1. The molecule has 1 aliphatic carbocycles. The average Bonchev–Trinajstić information content (AvgIpc) is 2.99. The molecule has 0 radical (unpaired) electrons. The van der Waals surface area contributed by atoms with Gasteiger partial charge in [-0.15, -0.1) is 0 Å². The van der Waals surface area contributed by atoms with E-state index >= 15 is 0 Å². The Morgan fingerprint density at radius 1 is 1.03 bits per heavy atom. The molecule has 156 valence electrons. The van der Waals surface area contributed by atoms with Crippen molar-refractivity contribution in [2.24, 2.45) is 0 Å². The smallest absolute Gasteiger partial charge is 0.229 e. The molecular formula is C20H28N6O3. The molecule has 9 nitrogen and oxygen atoms in total. The summed E-state index contributed by atoms with van der Waals surface area (Å²) in [4.78, 5) is 13.3. The topological polar surface area (TPSA) is 121 Å². The summed E-state index contributed by atoms with van der Waals surface area (Å²) in [7, 11) is 0. The number of aromatic nitrogens is 2. The highest BCUT2D eigenvalue weighted by Gasteiger charge is 2.18.